The molecule has 0 aliphatic rings. The number of nitrogens with one attached hydrogen (secondary N) is 3. The van der Waals surface area contributed by atoms with E-state index < -0.39 is 0 Å². The van der Waals surface area contributed by atoms with Crippen molar-refractivity contribution in [1.82, 2.24) is 10.3 Å². The highest BCUT2D eigenvalue weighted by atomic mass is 35.5. The van der Waals surface area contributed by atoms with Crippen LogP contribution in [0.4, 0.5) is 5.69 Å². The Hall–Kier alpha value is -2.01. The molecule has 0 fully saturated rings. The molecule has 24 heavy (non-hydrogen) atoms. The van der Waals surface area contributed by atoms with Crippen molar-refractivity contribution in [3.63, 3.8) is 0 Å². The number of fused-ring (bicyclic) bond motifs is 1. The first-order valence-corrected chi connectivity index (χ1v) is 8.39. The van der Waals surface area contributed by atoms with Crippen LogP contribution in [-0.2, 0) is 11.2 Å². The van der Waals surface area contributed by atoms with E-state index in [1.54, 1.807) is 18.2 Å². The lowest BCUT2D eigenvalue weighted by Crippen LogP contribution is -2.29. The lowest BCUT2D eigenvalue weighted by molar-refractivity contribution is -0.115. The molecule has 3 aromatic rings. The van der Waals surface area contributed by atoms with Crippen LogP contribution in [-0.4, -0.2) is 24.0 Å². The predicted molar refractivity (Wildman–Crippen MR) is 100.0 cm³/mol. The van der Waals surface area contributed by atoms with Crippen molar-refractivity contribution in [2.75, 3.05) is 18.4 Å². The summed E-state index contributed by atoms with van der Waals surface area (Å²) < 4.78 is 0. The summed E-state index contributed by atoms with van der Waals surface area (Å²) in [5.41, 5.74) is 2.88. The number of H-pyrrole nitrogens is 1. The molecular weight excluding hydrogens is 345 g/mol. The summed E-state index contributed by atoms with van der Waals surface area (Å²) in [5, 5.41) is 8.10. The van der Waals surface area contributed by atoms with Gasteiger partial charge in [0.2, 0.25) is 5.91 Å². The molecule has 4 nitrogen and oxygen atoms in total. The van der Waals surface area contributed by atoms with E-state index in [-0.39, 0.29) is 12.5 Å². The number of carbonyl (C=O) groups excluding carboxylic acids is 1. The summed E-state index contributed by atoms with van der Waals surface area (Å²) in [5.74, 6) is -0.155. The van der Waals surface area contributed by atoms with Gasteiger partial charge in [-0.15, -0.1) is 0 Å². The third kappa shape index (κ3) is 4.09. The second kappa shape index (κ2) is 7.71. The summed E-state index contributed by atoms with van der Waals surface area (Å²) >= 11 is 11.9. The van der Waals surface area contributed by atoms with E-state index in [4.69, 9.17) is 23.2 Å². The Balaban J connectivity index is 1.48. The summed E-state index contributed by atoms with van der Waals surface area (Å²) in [6.45, 7) is 0.920. The predicted octanol–water partition coefficient (Wildman–Crippen LogP) is 4.25. The molecule has 0 aliphatic heterocycles. The van der Waals surface area contributed by atoms with E-state index in [1.807, 2.05) is 18.3 Å². The topological polar surface area (TPSA) is 56.9 Å². The van der Waals surface area contributed by atoms with E-state index in [0.717, 1.165) is 11.9 Å². The number of aromatic amines is 1. The number of halogens is 2. The highest BCUT2D eigenvalue weighted by Crippen LogP contribution is 2.25. The number of amides is 1. The number of rotatable bonds is 6. The molecule has 1 heterocycles. The monoisotopic (exact) mass is 361 g/mol. The van der Waals surface area contributed by atoms with Crippen LogP contribution in [0.1, 0.15) is 5.56 Å². The molecule has 2 aromatic carbocycles. The molecule has 1 amide bonds. The SMILES string of the molecule is O=C(CNCCc1c[nH]c2ccccc12)Nc1cc(Cl)ccc1Cl. The molecule has 0 saturated carbocycles. The van der Waals surface area contributed by atoms with Crippen molar-refractivity contribution in [3.8, 4) is 0 Å². The van der Waals surface area contributed by atoms with Crippen molar-refractivity contribution < 1.29 is 4.79 Å². The first kappa shape index (κ1) is 16.8. The van der Waals surface area contributed by atoms with Crippen LogP contribution in [0.3, 0.4) is 0 Å². The van der Waals surface area contributed by atoms with Gasteiger partial charge in [-0.25, -0.2) is 0 Å². The standard InChI is InChI=1S/C18H17Cl2N3O/c19-13-5-6-15(20)17(9-13)23-18(24)11-21-8-7-12-10-22-16-4-2-1-3-14(12)16/h1-6,9-10,21-22H,7-8,11H2,(H,23,24). The average Bonchev–Trinajstić information content (AvgIpc) is 2.98. The van der Waals surface area contributed by atoms with Crippen LogP contribution in [0.15, 0.2) is 48.7 Å². The molecule has 0 unspecified atom stereocenters. The minimum absolute atomic E-state index is 0.155. The van der Waals surface area contributed by atoms with Crippen molar-refractivity contribution in [3.05, 3.63) is 64.3 Å². The number of hydrogen-bond donors (Lipinski definition) is 3. The van der Waals surface area contributed by atoms with Gasteiger partial charge in [-0.2, -0.15) is 0 Å². The fraction of sp³-hybridized carbons (Fsp3) is 0.167. The quantitative estimate of drug-likeness (QED) is 0.575. The number of para-hydroxylation sites is 1. The van der Waals surface area contributed by atoms with Gasteiger partial charge in [0.15, 0.2) is 0 Å². The smallest absolute Gasteiger partial charge is 0.238 e. The summed E-state index contributed by atoms with van der Waals surface area (Å²) in [6, 6.07) is 13.1. The molecule has 1 aromatic heterocycles. The molecule has 0 radical (unpaired) electrons. The third-order valence-corrected chi connectivity index (χ3v) is 4.30. The third-order valence-electron chi connectivity index (χ3n) is 3.73. The Morgan fingerprint density at radius 1 is 1.12 bits per heavy atom. The molecule has 0 bridgehead atoms. The Kier molecular flexibility index (Phi) is 5.41. The Bertz CT molecular complexity index is 860. The normalized spacial score (nSPS) is 10.9. The zero-order chi connectivity index (χ0) is 16.9. The van der Waals surface area contributed by atoms with Crippen LogP contribution < -0.4 is 10.6 Å². The van der Waals surface area contributed by atoms with Crippen LogP contribution in [0.2, 0.25) is 10.0 Å². The van der Waals surface area contributed by atoms with Crippen molar-refractivity contribution in [1.29, 1.82) is 0 Å². The minimum atomic E-state index is -0.155. The Labute approximate surface area is 150 Å². The number of aromatic nitrogens is 1. The van der Waals surface area contributed by atoms with Crippen molar-refractivity contribution >= 4 is 45.7 Å². The summed E-state index contributed by atoms with van der Waals surface area (Å²) in [4.78, 5) is 15.2. The van der Waals surface area contributed by atoms with Crippen LogP contribution >= 0.6 is 23.2 Å². The maximum absolute atomic E-state index is 12.0. The molecule has 6 heteroatoms. The lowest BCUT2D eigenvalue weighted by Gasteiger charge is -2.08. The second-order valence-electron chi connectivity index (χ2n) is 5.46. The van der Waals surface area contributed by atoms with Crippen LogP contribution in [0, 0.1) is 0 Å². The Morgan fingerprint density at radius 3 is 2.83 bits per heavy atom. The molecule has 0 spiro atoms. The van der Waals surface area contributed by atoms with E-state index >= 15 is 0 Å². The lowest BCUT2D eigenvalue weighted by atomic mass is 10.1. The highest BCUT2D eigenvalue weighted by molar-refractivity contribution is 6.35. The maximum atomic E-state index is 12.0. The van der Waals surface area contributed by atoms with Gasteiger partial charge in [0.1, 0.15) is 0 Å². The molecule has 124 valence electrons. The zero-order valence-corrected chi connectivity index (χ0v) is 14.4. The number of benzene rings is 2. The zero-order valence-electron chi connectivity index (χ0n) is 12.9. The van der Waals surface area contributed by atoms with Crippen LogP contribution in [0.25, 0.3) is 10.9 Å². The van der Waals surface area contributed by atoms with Crippen LogP contribution in [0.5, 0.6) is 0 Å². The van der Waals surface area contributed by atoms with E-state index in [1.165, 1.54) is 10.9 Å². The fourth-order valence-corrected chi connectivity index (χ4v) is 2.89. The number of anilines is 1. The molecule has 0 aliphatic carbocycles. The largest absolute Gasteiger partial charge is 0.361 e. The maximum Gasteiger partial charge on any atom is 0.238 e. The molecular formula is C18H17Cl2N3O. The fourth-order valence-electron chi connectivity index (χ4n) is 2.55. The van der Waals surface area contributed by atoms with Gasteiger partial charge in [-0.1, -0.05) is 41.4 Å². The van der Waals surface area contributed by atoms with Gasteiger partial charge in [-0.05, 0) is 42.8 Å². The number of carbonyl (C=O) groups is 1. The first-order valence-electron chi connectivity index (χ1n) is 7.64. The molecule has 3 rings (SSSR count). The van der Waals surface area contributed by atoms with Gasteiger partial charge in [0.25, 0.3) is 0 Å². The van der Waals surface area contributed by atoms with Gasteiger partial charge in [-0.3, -0.25) is 4.79 Å². The molecule has 0 atom stereocenters. The summed E-state index contributed by atoms with van der Waals surface area (Å²) in [7, 11) is 0. The average molecular weight is 362 g/mol. The van der Waals surface area contributed by atoms with Gasteiger partial charge >= 0.3 is 0 Å². The minimum Gasteiger partial charge on any atom is -0.361 e. The van der Waals surface area contributed by atoms with E-state index in [0.29, 0.717) is 22.3 Å². The van der Waals surface area contributed by atoms with E-state index in [9.17, 15) is 4.79 Å². The molecule has 0 saturated heterocycles. The Morgan fingerprint density at radius 2 is 1.96 bits per heavy atom. The van der Waals surface area contributed by atoms with Gasteiger partial charge in [0, 0.05) is 22.1 Å². The van der Waals surface area contributed by atoms with Crippen molar-refractivity contribution in [2.24, 2.45) is 0 Å². The van der Waals surface area contributed by atoms with Gasteiger partial charge < -0.3 is 15.6 Å². The first-order chi connectivity index (χ1) is 11.6. The summed E-state index contributed by atoms with van der Waals surface area (Å²) in [6.07, 6.45) is 2.85. The van der Waals surface area contributed by atoms with Gasteiger partial charge in [0.05, 0.1) is 17.3 Å². The van der Waals surface area contributed by atoms with Crippen molar-refractivity contribution in [2.45, 2.75) is 6.42 Å². The molecule has 3 N–H and O–H groups in total. The van der Waals surface area contributed by atoms with E-state index in [2.05, 4.69) is 27.8 Å². The number of hydrogen-bond acceptors (Lipinski definition) is 2. The second-order valence-corrected chi connectivity index (χ2v) is 6.30. The highest BCUT2D eigenvalue weighted by Gasteiger charge is 2.07.